The highest BCUT2D eigenvalue weighted by Gasteiger charge is 1.85. The second-order valence-corrected chi connectivity index (χ2v) is 2.27. The SMILES string of the molecule is CCOC(N)=O.Oc1cccc(O)c1. The summed E-state index contributed by atoms with van der Waals surface area (Å²) in [6.07, 6.45) is -0.711. The van der Waals surface area contributed by atoms with Crippen LogP contribution >= 0.6 is 0 Å². The summed E-state index contributed by atoms with van der Waals surface area (Å²) < 4.78 is 4.18. The summed E-state index contributed by atoms with van der Waals surface area (Å²) in [7, 11) is 0. The minimum absolute atomic E-state index is 0.0880. The van der Waals surface area contributed by atoms with Crippen molar-refractivity contribution in [2.45, 2.75) is 6.92 Å². The van der Waals surface area contributed by atoms with Gasteiger partial charge in [-0.1, -0.05) is 6.07 Å². The Morgan fingerprint density at radius 2 is 1.93 bits per heavy atom. The third-order valence-electron chi connectivity index (χ3n) is 1.12. The van der Waals surface area contributed by atoms with Crippen LogP contribution < -0.4 is 5.73 Å². The van der Waals surface area contributed by atoms with Crippen LogP contribution in [-0.2, 0) is 4.74 Å². The van der Waals surface area contributed by atoms with Crippen molar-refractivity contribution in [1.29, 1.82) is 0 Å². The molecule has 1 rings (SSSR count). The van der Waals surface area contributed by atoms with Gasteiger partial charge in [0.25, 0.3) is 0 Å². The molecule has 0 aliphatic heterocycles. The van der Waals surface area contributed by atoms with E-state index in [1.807, 2.05) is 0 Å². The molecule has 5 nitrogen and oxygen atoms in total. The van der Waals surface area contributed by atoms with Crippen LogP contribution in [0.1, 0.15) is 6.92 Å². The number of phenolic OH excluding ortho intramolecular Hbond substituents is 2. The maximum atomic E-state index is 9.60. The molecule has 0 spiro atoms. The fourth-order valence-corrected chi connectivity index (χ4v) is 0.635. The van der Waals surface area contributed by atoms with E-state index in [-0.39, 0.29) is 11.5 Å². The van der Waals surface area contributed by atoms with Gasteiger partial charge in [-0.15, -0.1) is 0 Å². The van der Waals surface area contributed by atoms with Crippen molar-refractivity contribution in [1.82, 2.24) is 0 Å². The first kappa shape index (κ1) is 12.1. The van der Waals surface area contributed by atoms with Crippen LogP contribution in [0.4, 0.5) is 4.79 Å². The topological polar surface area (TPSA) is 92.8 Å². The van der Waals surface area contributed by atoms with Gasteiger partial charge < -0.3 is 20.7 Å². The van der Waals surface area contributed by atoms with E-state index in [0.717, 1.165) is 0 Å². The fraction of sp³-hybridized carbons (Fsp3) is 0.222. The average molecular weight is 199 g/mol. The molecule has 4 N–H and O–H groups in total. The lowest BCUT2D eigenvalue weighted by molar-refractivity contribution is 0.163. The molecule has 1 aromatic rings. The Bertz CT molecular complexity index is 271. The minimum atomic E-state index is -0.711. The largest absolute Gasteiger partial charge is 0.508 e. The number of rotatable bonds is 1. The number of ether oxygens (including phenoxy) is 1. The Hall–Kier alpha value is -1.91. The molecule has 1 amide bonds. The number of carbonyl (C=O) groups is 1. The van der Waals surface area contributed by atoms with Gasteiger partial charge in [-0.05, 0) is 19.1 Å². The summed E-state index contributed by atoms with van der Waals surface area (Å²) in [4.78, 5) is 9.60. The second kappa shape index (κ2) is 6.59. The number of phenols is 2. The van der Waals surface area contributed by atoms with Gasteiger partial charge in [0, 0.05) is 6.07 Å². The molecular formula is C9H13NO4. The van der Waals surface area contributed by atoms with E-state index < -0.39 is 6.09 Å². The van der Waals surface area contributed by atoms with Crippen LogP contribution in [0.2, 0.25) is 0 Å². The highest BCUT2D eigenvalue weighted by atomic mass is 16.5. The Morgan fingerprint density at radius 1 is 1.43 bits per heavy atom. The monoisotopic (exact) mass is 199 g/mol. The second-order valence-electron chi connectivity index (χ2n) is 2.27. The molecule has 0 aliphatic rings. The highest BCUT2D eigenvalue weighted by molar-refractivity contribution is 5.64. The maximum Gasteiger partial charge on any atom is 0.404 e. The van der Waals surface area contributed by atoms with Crippen LogP contribution in [0.5, 0.6) is 11.5 Å². The van der Waals surface area contributed by atoms with Gasteiger partial charge >= 0.3 is 6.09 Å². The zero-order valence-electron chi connectivity index (χ0n) is 7.80. The average Bonchev–Trinajstić information content (AvgIpc) is 2.03. The van der Waals surface area contributed by atoms with Gasteiger partial charge in [-0.3, -0.25) is 0 Å². The fourth-order valence-electron chi connectivity index (χ4n) is 0.635. The molecular weight excluding hydrogens is 186 g/mol. The number of nitrogens with two attached hydrogens (primary N) is 1. The van der Waals surface area contributed by atoms with Crippen molar-refractivity contribution in [3.05, 3.63) is 24.3 Å². The third-order valence-corrected chi connectivity index (χ3v) is 1.12. The van der Waals surface area contributed by atoms with E-state index >= 15 is 0 Å². The maximum absolute atomic E-state index is 9.60. The van der Waals surface area contributed by atoms with Gasteiger partial charge in [0.2, 0.25) is 0 Å². The van der Waals surface area contributed by atoms with Crippen molar-refractivity contribution < 1.29 is 19.7 Å². The molecule has 1 aromatic carbocycles. The molecule has 0 unspecified atom stereocenters. The van der Waals surface area contributed by atoms with E-state index in [1.165, 1.54) is 18.2 Å². The molecule has 0 atom stereocenters. The number of hydrogen-bond donors (Lipinski definition) is 3. The van der Waals surface area contributed by atoms with E-state index in [4.69, 9.17) is 10.2 Å². The zero-order valence-corrected chi connectivity index (χ0v) is 7.80. The van der Waals surface area contributed by atoms with E-state index in [1.54, 1.807) is 13.0 Å². The Kier molecular flexibility index (Phi) is 5.69. The summed E-state index contributed by atoms with van der Waals surface area (Å²) in [5.41, 5.74) is 4.54. The minimum Gasteiger partial charge on any atom is -0.508 e. The number of hydrogen-bond acceptors (Lipinski definition) is 4. The lowest BCUT2D eigenvalue weighted by Crippen LogP contribution is -2.11. The Morgan fingerprint density at radius 3 is 2.07 bits per heavy atom. The summed E-state index contributed by atoms with van der Waals surface area (Å²) in [5, 5.41) is 17.3. The molecule has 0 aromatic heterocycles. The standard InChI is InChI=1S/C6H6O2.C3H7NO2/c7-5-2-1-3-6(8)4-5;1-2-6-3(4)5/h1-4,7-8H;2H2,1H3,(H2,4,5). The number of carbonyl (C=O) groups excluding carboxylic acids is 1. The molecule has 0 aliphatic carbocycles. The number of primary amides is 1. The van der Waals surface area contributed by atoms with Gasteiger partial charge in [-0.25, -0.2) is 4.79 Å². The van der Waals surface area contributed by atoms with Gasteiger partial charge in [-0.2, -0.15) is 0 Å². The summed E-state index contributed by atoms with van der Waals surface area (Å²) in [6, 6.07) is 5.85. The molecule has 0 fully saturated rings. The van der Waals surface area contributed by atoms with Crippen LogP contribution in [-0.4, -0.2) is 22.9 Å². The summed E-state index contributed by atoms with van der Waals surface area (Å²) in [6.45, 7) is 2.06. The van der Waals surface area contributed by atoms with Gasteiger partial charge in [0.1, 0.15) is 11.5 Å². The lowest BCUT2D eigenvalue weighted by Gasteiger charge is -1.89. The van der Waals surface area contributed by atoms with Gasteiger partial charge in [0.15, 0.2) is 0 Å². The zero-order chi connectivity index (χ0) is 11.0. The third kappa shape index (κ3) is 6.78. The van der Waals surface area contributed by atoms with Crippen molar-refractivity contribution >= 4 is 6.09 Å². The Labute approximate surface area is 81.7 Å². The predicted molar refractivity (Wildman–Crippen MR) is 51.0 cm³/mol. The number of aromatic hydroxyl groups is 2. The van der Waals surface area contributed by atoms with E-state index in [2.05, 4.69) is 10.5 Å². The quantitative estimate of drug-likeness (QED) is 0.633. The van der Waals surface area contributed by atoms with Crippen molar-refractivity contribution in [3.8, 4) is 11.5 Å². The predicted octanol–water partition coefficient (Wildman–Crippen LogP) is 1.20. The molecule has 0 bridgehead atoms. The van der Waals surface area contributed by atoms with Crippen LogP contribution in [0.25, 0.3) is 0 Å². The number of benzene rings is 1. The summed E-state index contributed by atoms with van der Waals surface area (Å²) in [5.74, 6) is 0.176. The normalized spacial score (nSPS) is 8.36. The van der Waals surface area contributed by atoms with Crippen molar-refractivity contribution in [2.24, 2.45) is 5.73 Å². The first-order chi connectivity index (χ1) is 6.56. The molecule has 14 heavy (non-hydrogen) atoms. The molecule has 0 heterocycles. The van der Waals surface area contributed by atoms with Crippen molar-refractivity contribution in [2.75, 3.05) is 6.61 Å². The molecule has 5 heteroatoms. The van der Waals surface area contributed by atoms with Crippen molar-refractivity contribution in [3.63, 3.8) is 0 Å². The van der Waals surface area contributed by atoms with Crippen LogP contribution in [0.15, 0.2) is 24.3 Å². The van der Waals surface area contributed by atoms with E-state index in [0.29, 0.717) is 6.61 Å². The lowest BCUT2D eigenvalue weighted by atomic mass is 10.3. The molecule has 0 saturated carbocycles. The summed E-state index contributed by atoms with van der Waals surface area (Å²) >= 11 is 0. The first-order valence-corrected chi connectivity index (χ1v) is 3.96. The van der Waals surface area contributed by atoms with E-state index in [9.17, 15) is 4.79 Å². The van der Waals surface area contributed by atoms with Gasteiger partial charge in [0.05, 0.1) is 6.61 Å². The molecule has 78 valence electrons. The molecule has 0 radical (unpaired) electrons. The molecule has 0 saturated heterocycles. The first-order valence-electron chi connectivity index (χ1n) is 3.96. The van der Waals surface area contributed by atoms with Crippen LogP contribution in [0, 0.1) is 0 Å². The Balaban J connectivity index is 0.000000255. The van der Waals surface area contributed by atoms with Crippen LogP contribution in [0.3, 0.4) is 0 Å². The number of amides is 1. The smallest absolute Gasteiger partial charge is 0.404 e. The highest BCUT2D eigenvalue weighted by Crippen LogP contribution is 2.14.